The highest BCUT2D eigenvalue weighted by molar-refractivity contribution is 4.69. The number of imidazole rings is 11. The molecule has 55 heavy (non-hydrogen) atoms. The van der Waals surface area contributed by atoms with Crippen LogP contribution in [0.25, 0.3) is 0 Å². The highest BCUT2D eigenvalue weighted by Gasteiger charge is 1.61. The number of aromatic nitrogens is 22. The van der Waals surface area contributed by atoms with Gasteiger partial charge in [0.2, 0.25) is 0 Å². The molecule has 0 saturated carbocycles. The number of hydrogen-bond donors (Lipinski definition) is 11. The smallest absolute Gasteiger partial charge is 0.0919 e. The first-order chi connectivity index (χ1) is 27.5. The Morgan fingerprint density at radius 2 is 0.236 bits per heavy atom. The number of rotatable bonds is 0. The van der Waals surface area contributed by atoms with E-state index in [1.54, 1.807) is 206 Å². The lowest BCUT2D eigenvalue weighted by Gasteiger charge is -1.46. The normalized spacial score (nSPS) is 8.00. The Morgan fingerprint density at radius 1 is 0.145 bits per heavy atom. The Bertz CT molecular complexity index is 1170. The van der Waals surface area contributed by atoms with Gasteiger partial charge >= 0.3 is 0 Å². The summed E-state index contributed by atoms with van der Waals surface area (Å²) in [7, 11) is 0. The maximum absolute atomic E-state index is 3.67. The molecule has 11 rings (SSSR count). The monoisotopic (exact) mass is 748 g/mol. The van der Waals surface area contributed by atoms with E-state index >= 15 is 0 Å². The van der Waals surface area contributed by atoms with E-state index in [-0.39, 0.29) is 0 Å². The molecule has 286 valence electrons. The molecule has 0 radical (unpaired) electrons. The van der Waals surface area contributed by atoms with Crippen LogP contribution in [0, 0.1) is 0 Å². The molecule has 0 aliphatic rings. The van der Waals surface area contributed by atoms with Crippen LogP contribution in [0.15, 0.2) is 206 Å². The van der Waals surface area contributed by atoms with Crippen molar-refractivity contribution in [1.82, 2.24) is 110 Å². The van der Waals surface area contributed by atoms with E-state index in [9.17, 15) is 0 Å². The first-order valence-electron chi connectivity index (χ1n) is 15.7. The van der Waals surface area contributed by atoms with Gasteiger partial charge in [0.25, 0.3) is 0 Å². The molecule has 11 heterocycles. The lowest BCUT2D eigenvalue weighted by molar-refractivity contribution is 1.31. The predicted molar refractivity (Wildman–Crippen MR) is 204 cm³/mol. The second-order valence-corrected chi connectivity index (χ2v) is 8.37. The highest BCUT2D eigenvalue weighted by Crippen LogP contribution is 1.67. The maximum Gasteiger partial charge on any atom is 0.0919 e. The average Bonchev–Trinajstić information content (AvgIpc) is 4.11. The van der Waals surface area contributed by atoms with Crippen LogP contribution in [0.2, 0.25) is 0 Å². The summed E-state index contributed by atoms with van der Waals surface area (Å²) in [5.74, 6) is 0. The topological polar surface area (TPSA) is 315 Å². The second kappa shape index (κ2) is 41.5. The molecule has 11 aromatic rings. The summed E-state index contributed by atoms with van der Waals surface area (Å²) in [4.78, 5) is 70.6. The van der Waals surface area contributed by atoms with Crippen LogP contribution < -0.4 is 0 Å². The third kappa shape index (κ3) is 39.6. The molecule has 0 atom stereocenters. The van der Waals surface area contributed by atoms with Crippen LogP contribution in [0.1, 0.15) is 0 Å². The molecule has 0 aliphatic heterocycles. The number of aromatic amines is 11. The zero-order valence-electron chi connectivity index (χ0n) is 29.5. The number of H-pyrrole nitrogens is 11. The van der Waals surface area contributed by atoms with Crippen molar-refractivity contribution in [2.75, 3.05) is 0 Å². The van der Waals surface area contributed by atoms with E-state index in [1.165, 1.54) is 0 Å². The zero-order chi connectivity index (χ0) is 38.9. The van der Waals surface area contributed by atoms with Crippen LogP contribution in [-0.4, -0.2) is 110 Å². The predicted octanol–water partition coefficient (Wildman–Crippen LogP) is 4.51. The number of hydrogen-bond acceptors (Lipinski definition) is 11. The van der Waals surface area contributed by atoms with E-state index in [0.29, 0.717) is 0 Å². The molecule has 0 unspecified atom stereocenters. The lowest BCUT2D eigenvalue weighted by Crippen LogP contribution is -1.44. The summed E-state index contributed by atoms with van der Waals surface area (Å²) < 4.78 is 0. The first-order valence-corrected chi connectivity index (χ1v) is 15.7. The summed E-state index contributed by atoms with van der Waals surface area (Å²) in [5, 5.41) is 0. The molecule has 0 amide bonds. The Morgan fingerprint density at radius 3 is 0.255 bits per heavy atom. The molecule has 11 N–H and O–H groups in total. The third-order valence-corrected chi connectivity index (χ3v) is 4.46. The van der Waals surface area contributed by atoms with Crippen molar-refractivity contribution >= 4 is 0 Å². The first kappa shape index (κ1) is 44.3. The largest absolute Gasteiger partial charge is 0.351 e. The van der Waals surface area contributed by atoms with Gasteiger partial charge in [0, 0.05) is 136 Å². The third-order valence-electron chi connectivity index (χ3n) is 4.46. The van der Waals surface area contributed by atoms with Gasteiger partial charge in [-0.1, -0.05) is 0 Å². The fraction of sp³-hybridized carbons (Fsp3) is 0. The van der Waals surface area contributed by atoms with E-state index in [1.807, 2.05) is 0 Å². The van der Waals surface area contributed by atoms with Gasteiger partial charge in [-0.05, 0) is 0 Å². The quantitative estimate of drug-likeness (QED) is 0.102. The lowest BCUT2D eigenvalue weighted by atomic mass is 11.0. The Kier molecular flexibility index (Phi) is 33.4. The van der Waals surface area contributed by atoms with Crippen molar-refractivity contribution < 1.29 is 0 Å². The maximum atomic E-state index is 3.67. The summed E-state index contributed by atoms with van der Waals surface area (Å²) in [6.45, 7) is 0. The summed E-state index contributed by atoms with van der Waals surface area (Å²) in [6.07, 6.45) is 55.9. The van der Waals surface area contributed by atoms with Gasteiger partial charge in [0.05, 0.1) is 69.6 Å². The van der Waals surface area contributed by atoms with Crippen LogP contribution in [0.4, 0.5) is 0 Å². The second-order valence-electron chi connectivity index (χ2n) is 8.37. The SMILES string of the molecule is c1c[nH]cn1.c1c[nH]cn1.c1c[nH]cn1.c1c[nH]cn1.c1c[nH]cn1.c1c[nH]cn1.c1c[nH]cn1.c1c[nH]cn1.c1c[nH]cn1.c1c[nH]cn1.c1c[nH]cn1. The fourth-order valence-corrected chi connectivity index (χ4v) is 2.37. The molecule has 0 aliphatic carbocycles. The van der Waals surface area contributed by atoms with Crippen molar-refractivity contribution in [3.8, 4) is 0 Å². The van der Waals surface area contributed by atoms with Crippen molar-refractivity contribution in [1.29, 1.82) is 0 Å². The van der Waals surface area contributed by atoms with E-state index in [2.05, 4.69) is 110 Å². The van der Waals surface area contributed by atoms with Gasteiger partial charge < -0.3 is 54.8 Å². The van der Waals surface area contributed by atoms with Gasteiger partial charge in [0.1, 0.15) is 0 Å². The van der Waals surface area contributed by atoms with Gasteiger partial charge in [-0.15, -0.1) is 0 Å². The molecule has 0 spiro atoms. The molecule has 0 fully saturated rings. The van der Waals surface area contributed by atoms with E-state index in [0.717, 1.165) is 0 Å². The van der Waals surface area contributed by atoms with E-state index in [4.69, 9.17) is 0 Å². The van der Waals surface area contributed by atoms with Crippen molar-refractivity contribution in [2.45, 2.75) is 0 Å². The van der Waals surface area contributed by atoms with Crippen LogP contribution in [0.5, 0.6) is 0 Å². The highest BCUT2D eigenvalue weighted by atomic mass is 14.9. The Labute approximate surface area is 315 Å². The number of nitrogens with zero attached hydrogens (tertiary/aromatic N) is 11. The zero-order valence-corrected chi connectivity index (χ0v) is 29.5. The van der Waals surface area contributed by atoms with Gasteiger partial charge in [-0.2, -0.15) is 0 Å². The Balaban J connectivity index is 0.000000302. The molecular formula is C33H44N22. The van der Waals surface area contributed by atoms with Crippen molar-refractivity contribution in [2.24, 2.45) is 0 Å². The molecular weight excluding hydrogens is 705 g/mol. The molecule has 22 nitrogen and oxygen atoms in total. The standard InChI is InChI=1S/11C3H4N2/c11*1-2-5-3-4-1/h11*1-3H,(H,4,5). The van der Waals surface area contributed by atoms with Crippen LogP contribution in [-0.2, 0) is 0 Å². The van der Waals surface area contributed by atoms with Gasteiger partial charge in [-0.25, -0.2) is 54.8 Å². The van der Waals surface area contributed by atoms with Gasteiger partial charge in [0.15, 0.2) is 0 Å². The fourth-order valence-electron chi connectivity index (χ4n) is 2.37. The summed E-state index contributed by atoms with van der Waals surface area (Å²) in [5.41, 5.74) is 0. The van der Waals surface area contributed by atoms with Crippen molar-refractivity contribution in [3.63, 3.8) is 0 Å². The number of nitrogens with one attached hydrogen (secondary N) is 11. The average molecular weight is 749 g/mol. The summed E-state index contributed by atoms with van der Waals surface area (Å²) in [6, 6.07) is 0. The molecule has 0 saturated heterocycles. The molecule has 0 bridgehead atoms. The van der Waals surface area contributed by atoms with Crippen LogP contribution >= 0.6 is 0 Å². The molecule has 11 aromatic heterocycles. The van der Waals surface area contributed by atoms with Crippen LogP contribution in [0.3, 0.4) is 0 Å². The molecule has 22 heteroatoms. The van der Waals surface area contributed by atoms with E-state index < -0.39 is 0 Å². The minimum Gasteiger partial charge on any atom is -0.351 e. The Hall–Kier alpha value is -8.69. The summed E-state index contributed by atoms with van der Waals surface area (Å²) >= 11 is 0. The molecule has 0 aromatic carbocycles. The van der Waals surface area contributed by atoms with Gasteiger partial charge in [-0.3, -0.25) is 0 Å². The minimum atomic E-state index is 1.62. The minimum absolute atomic E-state index is 1.62. The van der Waals surface area contributed by atoms with Crippen molar-refractivity contribution in [3.05, 3.63) is 206 Å².